The number of aromatic nitrogens is 8. The van der Waals surface area contributed by atoms with Crippen LogP contribution in [0.1, 0.15) is 52.7 Å². The van der Waals surface area contributed by atoms with Gasteiger partial charge in [0.05, 0.1) is 34.0 Å². The number of hydrogen-bond donors (Lipinski definition) is 1. The molecule has 0 saturated heterocycles. The Kier molecular flexibility index (Phi) is 28.7. The van der Waals surface area contributed by atoms with Crippen molar-refractivity contribution < 1.29 is 70.2 Å². The van der Waals surface area contributed by atoms with E-state index in [0.717, 1.165) is 77.5 Å². The molecule has 5 aromatic heterocycles. The standard InChI is InChI=1S/3C18H11N2.C17H14N.C17H12N.C11H20O2.3Ir/c3*1-2-7-14(8-3-1)18-19-12-16-15-9-5-4-6-13(15)10-11-17(16)20-18;1-12-9-13(2)11-15(10-12)17-16-6-4-3-5-14(16)7-8-18-17;1-3-7-14(8-4-1)16-11-12-18-17(13-16)15-9-5-2-6-10-15;1-10(2,3)8(12)7-9(13)11(4,5)6;;;/h3*1-7,9-12H;3-10H,1-2H3;1-9,11-13H;7,12H,1-6H3;;;/q5*-1;;;;. The Hall–Kier alpha value is -11.6. The van der Waals surface area contributed by atoms with Crippen molar-refractivity contribution in [3.63, 3.8) is 0 Å². The first-order valence-corrected chi connectivity index (χ1v) is 36.1. The number of aryl methyl sites for hydroxylation is 2. The number of allylic oxidation sites excluding steroid dienone is 2. The fourth-order valence-electron chi connectivity index (χ4n) is 12.2. The first kappa shape index (κ1) is 82.9. The molecule has 18 aromatic rings. The summed E-state index contributed by atoms with van der Waals surface area (Å²) in [5, 5.41) is 22.4. The zero-order chi connectivity index (χ0) is 75.7. The van der Waals surface area contributed by atoms with E-state index >= 15 is 0 Å². The van der Waals surface area contributed by atoms with Crippen molar-refractivity contribution >= 4 is 81.6 Å². The molecular weight excluding hydrogens is 1910 g/mol. The van der Waals surface area contributed by atoms with Crippen molar-refractivity contribution in [3.05, 3.63) is 375 Å². The first-order chi connectivity index (χ1) is 53.0. The van der Waals surface area contributed by atoms with Crippen LogP contribution in [-0.4, -0.2) is 50.8 Å². The van der Waals surface area contributed by atoms with Crippen LogP contribution >= 0.6 is 0 Å². The molecule has 0 aliphatic rings. The molecule has 5 heterocycles. The van der Waals surface area contributed by atoms with Crippen LogP contribution in [0.15, 0.2) is 334 Å². The van der Waals surface area contributed by atoms with E-state index in [0.29, 0.717) is 17.5 Å². The van der Waals surface area contributed by atoms with Gasteiger partial charge in [0.15, 0.2) is 5.78 Å². The van der Waals surface area contributed by atoms with Gasteiger partial charge in [-0.15, -0.1) is 178 Å². The Morgan fingerprint density at radius 2 is 0.732 bits per heavy atom. The van der Waals surface area contributed by atoms with E-state index in [1.54, 1.807) is 0 Å². The van der Waals surface area contributed by atoms with E-state index < -0.39 is 5.41 Å². The Morgan fingerprint density at radius 1 is 0.348 bits per heavy atom. The summed E-state index contributed by atoms with van der Waals surface area (Å²) < 4.78 is 0. The van der Waals surface area contributed by atoms with Gasteiger partial charge in [0.25, 0.3) is 0 Å². The maximum atomic E-state index is 11.5. The van der Waals surface area contributed by atoms with Gasteiger partial charge in [-0.05, 0) is 95.9 Å². The van der Waals surface area contributed by atoms with Crippen molar-refractivity contribution in [2.75, 3.05) is 0 Å². The molecule has 0 unspecified atom stereocenters. The summed E-state index contributed by atoms with van der Waals surface area (Å²) >= 11 is 0. The number of fused-ring (bicyclic) bond motifs is 10. The van der Waals surface area contributed by atoms with Crippen LogP contribution in [0.4, 0.5) is 0 Å². The van der Waals surface area contributed by atoms with E-state index in [4.69, 9.17) is 0 Å². The molecule has 10 nitrogen and oxygen atoms in total. The van der Waals surface area contributed by atoms with Crippen molar-refractivity contribution in [1.82, 2.24) is 39.9 Å². The molecule has 1 N–H and O–H groups in total. The molecule has 0 amide bonds. The second kappa shape index (κ2) is 38.8. The van der Waals surface area contributed by atoms with Gasteiger partial charge in [0, 0.05) is 124 Å². The zero-order valence-corrected chi connectivity index (χ0v) is 70.3. The summed E-state index contributed by atoms with van der Waals surface area (Å²) in [6.07, 6.45) is 10.8. The minimum Gasteiger partial charge on any atom is -0.512 e. The third-order valence-corrected chi connectivity index (χ3v) is 18.0. The van der Waals surface area contributed by atoms with Gasteiger partial charge in [-0.25, -0.2) is 0 Å². The number of carbonyl (C=O) groups excluding carboxylic acids is 1. The minimum atomic E-state index is -0.417. The largest absolute Gasteiger partial charge is 0.512 e. The second-order valence-electron chi connectivity index (χ2n) is 28.2. The van der Waals surface area contributed by atoms with Crippen LogP contribution in [0, 0.1) is 55.0 Å². The summed E-state index contributed by atoms with van der Waals surface area (Å²) in [5.74, 6) is 2.25. The summed E-state index contributed by atoms with van der Waals surface area (Å²) in [6.45, 7) is 15.3. The van der Waals surface area contributed by atoms with Crippen LogP contribution in [-0.2, 0) is 65.1 Å². The van der Waals surface area contributed by atoms with Gasteiger partial charge in [-0.1, -0.05) is 207 Å². The number of benzene rings is 13. The van der Waals surface area contributed by atoms with Crippen molar-refractivity contribution in [2.45, 2.75) is 55.4 Å². The predicted octanol–water partition coefficient (Wildman–Crippen LogP) is 24.4. The van der Waals surface area contributed by atoms with E-state index in [2.05, 4.69) is 193 Å². The number of aliphatic hydroxyl groups is 1. The van der Waals surface area contributed by atoms with E-state index in [-0.39, 0.29) is 77.3 Å². The van der Waals surface area contributed by atoms with Gasteiger partial charge < -0.3 is 15.1 Å². The predicted molar refractivity (Wildman–Crippen MR) is 448 cm³/mol. The van der Waals surface area contributed by atoms with E-state index in [9.17, 15) is 9.90 Å². The molecule has 18 rings (SSSR count). The molecule has 112 heavy (non-hydrogen) atoms. The Balaban J connectivity index is 0.000000143. The van der Waals surface area contributed by atoms with Crippen molar-refractivity contribution in [3.8, 4) is 67.8 Å². The number of ketones is 1. The number of nitrogens with zero attached hydrogens (tertiary/aromatic N) is 8. The molecule has 0 aliphatic heterocycles. The third kappa shape index (κ3) is 21.1. The first-order valence-electron chi connectivity index (χ1n) is 36.1. The topological polar surface area (TPSA) is 140 Å². The van der Waals surface area contributed by atoms with Crippen LogP contribution < -0.4 is 0 Å². The van der Waals surface area contributed by atoms with E-state index in [1.807, 2.05) is 255 Å². The Morgan fingerprint density at radius 3 is 1.13 bits per heavy atom. The smallest absolute Gasteiger partial charge is 0.164 e. The molecular formula is C99H79Ir3N8O2-5. The van der Waals surface area contributed by atoms with Gasteiger partial charge in [-0.2, -0.15) is 0 Å². The molecule has 0 spiro atoms. The molecule has 0 fully saturated rings. The van der Waals surface area contributed by atoms with Crippen LogP contribution in [0.3, 0.4) is 0 Å². The van der Waals surface area contributed by atoms with Gasteiger partial charge in [0.2, 0.25) is 0 Å². The van der Waals surface area contributed by atoms with Crippen LogP contribution in [0.25, 0.3) is 144 Å². The second-order valence-corrected chi connectivity index (χ2v) is 28.2. The molecule has 0 saturated carbocycles. The third-order valence-electron chi connectivity index (χ3n) is 18.0. The Bertz CT molecular complexity index is 5760. The van der Waals surface area contributed by atoms with E-state index in [1.165, 1.54) is 65.9 Å². The van der Waals surface area contributed by atoms with Crippen LogP contribution in [0.5, 0.6) is 0 Å². The molecule has 13 aromatic carbocycles. The minimum absolute atomic E-state index is 0. The van der Waals surface area contributed by atoms with Gasteiger partial charge >= 0.3 is 0 Å². The number of hydrogen-bond acceptors (Lipinski definition) is 10. The number of aliphatic hydroxyl groups excluding tert-OH is 1. The summed E-state index contributed by atoms with van der Waals surface area (Å²) in [4.78, 5) is 47.8. The number of rotatable bonds is 7. The normalized spacial score (nSPS) is 10.9. The SMILES string of the molecule is CC(C)(C)C(=O)C=C(O)C(C)(C)C.Cc1[c-]c(-c2nccc3ccccc23)cc(C)c1.[Ir].[Ir].[Ir].[c-]1ccccc1-c1cc(-c2ccccc2)ccn1.[c-]1ccccc1-c1ncc2c(ccc3ccccc32)n1.[c-]1ccccc1-c1ncc2c(ccc3ccccc32)n1.[c-]1ccccc1-c1ncc2c(ccc3ccccc32)n1. The van der Waals surface area contributed by atoms with Crippen molar-refractivity contribution in [1.29, 1.82) is 0 Å². The molecule has 3 radical (unpaired) electrons. The maximum Gasteiger partial charge on any atom is 0.164 e. The molecule has 0 atom stereocenters. The summed E-state index contributed by atoms with van der Waals surface area (Å²) in [7, 11) is 0. The maximum absolute atomic E-state index is 11.5. The quantitative estimate of drug-likeness (QED) is 0.0710. The fourth-order valence-corrected chi connectivity index (χ4v) is 12.2. The number of carbonyl (C=O) groups is 1. The van der Waals surface area contributed by atoms with Gasteiger partial charge in [0.1, 0.15) is 5.76 Å². The average Bonchev–Trinajstić information content (AvgIpc) is 0.790. The van der Waals surface area contributed by atoms with Crippen molar-refractivity contribution in [2.24, 2.45) is 10.8 Å². The monoisotopic (exact) mass is 1990 g/mol. The zero-order valence-electron chi connectivity index (χ0n) is 63.1. The molecule has 13 heteroatoms. The summed E-state index contributed by atoms with van der Waals surface area (Å²) in [6, 6.07) is 114. The molecule has 0 bridgehead atoms. The molecule has 0 aliphatic carbocycles. The average molecular weight is 1990 g/mol. The van der Waals surface area contributed by atoms with Crippen LogP contribution in [0.2, 0.25) is 0 Å². The fraction of sp³-hybridized carbons (Fsp3) is 0.101. The molecule has 559 valence electrons. The number of pyridine rings is 2. The van der Waals surface area contributed by atoms with Gasteiger partial charge in [-0.3, -0.25) is 34.7 Å². The Labute approximate surface area is 695 Å². The summed E-state index contributed by atoms with van der Waals surface area (Å²) in [5.41, 5.74) is 13.7.